The fraction of sp³-hybridized carbons (Fsp3) is 0.500. The summed E-state index contributed by atoms with van der Waals surface area (Å²) in [6.07, 6.45) is 4.33. The van der Waals surface area contributed by atoms with Gasteiger partial charge in [-0.3, -0.25) is 14.4 Å². The topological polar surface area (TPSA) is 117 Å². The number of carbonyl (C=O) groups is 3. The summed E-state index contributed by atoms with van der Waals surface area (Å²) in [6.45, 7) is 3.52. The van der Waals surface area contributed by atoms with Gasteiger partial charge in [0, 0.05) is 18.4 Å². The number of nitrogens with zero attached hydrogens (tertiary/aromatic N) is 2. The van der Waals surface area contributed by atoms with E-state index in [4.69, 9.17) is 11.6 Å². The number of hydrogen-bond donors (Lipinski definition) is 3. The number of hydrogen-bond acceptors (Lipinski definition) is 6. The highest BCUT2D eigenvalue weighted by molar-refractivity contribution is 7.11. The first-order valence-corrected chi connectivity index (χ1v) is 10.4. The van der Waals surface area contributed by atoms with E-state index in [-0.39, 0.29) is 47.4 Å². The summed E-state index contributed by atoms with van der Waals surface area (Å²) in [6, 6.07) is -0.0429. The van der Waals surface area contributed by atoms with Crippen molar-refractivity contribution in [3.8, 4) is 0 Å². The van der Waals surface area contributed by atoms with Gasteiger partial charge >= 0.3 is 0 Å². The van der Waals surface area contributed by atoms with Gasteiger partial charge in [0.1, 0.15) is 16.4 Å². The Hall–Kier alpha value is -2.26. The number of rotatable bonds is 6. The van der Waals surface area contributed by atoms with E-state index < -0.39 is 0 Å². The van der Waals surface area contributed by atoms with E-state index in [9.17, 15) is 14.4 Å². The Morgan fingerprint density at radius 3 is 2.61 bits per heavy atom. The molecule has 0 unspecified atom stereocenters. The van der Waals surface area contributed by atoms with Crippen LogP contribution in [0, 0.1) is 12.8 Å². The molecule has 10 heteroatoms. The van der Waals surface area contributed by atoms with Gasteiger partial charge < -0.3 is 15.6 Å². The number of ketones is 1. The van der Waals surface area contributed by atoms with Crippen molar-refractivity contribution in [3.63, 3.8) is 0 Å². The second-order valence-corrected chi connectivity index (χ2v) is 7.98. The second kappa shape index (κ2) is 8.83. The standard InChI is InChI=1S/C18H22ClN5O3S/c1-3-12(25)14-15(21-8-20-14)17(27)22-11-6-4-10(5-7-11)16(26)23-18-13(19)9(2)24-28-18/h8,10-11H,3-7H2,1-2H3,(H,20,21)(H,22,27)(H,23,26). The third kappa shape index (κ3) is 4.41. The molecule has 3 N–H and O–H groups in total. The average molecular weight is 424 g/mol. The number of H-pyrrole nitrogens is 1. The summed E-state index contributed by atoms with van der Waals surface area (Å²) in [7, 11) is 0. The quantitative estimate of drug-likeness (QED) is 0.616. The highest BCUT2D eigenvalue weighted by atomic mass is 35.5. The van der Waals surface area contributed by atoms with Gasteiger partial charge in [0.2, 0.25) is 5.91 Å². The van der Waals surface area contributed by atoms with E-state index in [0.717, 1.165) is 0 Å². The number of nitrogens with one attached hydrogen (secondary N) is 3. The molecule has 2 heterocycles. The zero-order valence-electron chi connectivity index (χ0n) is 15.7. The van der Waals surface area contributed by atoms with Crippen LogP contribution in [0.1, 0.15) is 65.7 Å². The molecule has 0 radical (unpaired) electrons. The number of aryl methyl sites for hydroxylation is 1. The van der Waals surface area contributed by atoms with Crippen LogP contribution in [0.25, 0.3) is 0 Å². The number of halogens is 1. The monoisotopic (exact) mass is 423 g/mol. The molecule has 1 saturated carbocycles. The molecule has 0 aliphatic heterocycles. The maximum atomic E-state index is 12.5. The zero-order valence-corrected chi connectivity index (χ0v) is 17.2. The molecule has 3 rings (SSSR count). The molecule has 2 aromatic rings. The van der Waals surface area contributed by atoms with Crippen LogP contribution in [0.2, 0.25) is 5.02 Å². The number of aromatic nitrogens is 3. The average Bonchev–Trinajstić information content (AvgIpc) is 3.30. The van der Waals surface area contributed by atoms with Crippen LogP contribution < -0.4 is 10.6 Å². The summed E-state index contributed by atoms with van der Waals surface area (Å²) in [4.78, 5) is 43.5. The summed E-state index contributed by atoms with van der Waals surface area (Å²) in [5.74, 6) is -0.714. The Morgan fingerprint density at radius 2 is 2.00 bits per heavy atom. The largest absolute Gasteiger partial charge is 0.348 e. The van der Waals surface area contributed by atoms with Crippen LogP contribution in [0.15, 0.2) is 6.33 Å². The van der Waals surface area contributed by atoms with Crippen LogP contribution in [0.3, 0.4) is 0 Å². The first kappa shape index (κ1) is 20.5. The van der Waals surface area contributed by atoms with Crippen molar-refractivity contribution >= 4 is 45.7 Å². The fourth-order valence-electron chi connectivity index (χ4n) is 3.25. The van der Waals surface area contributed by atoms with Crippen molar-refractivity contribution in [1.82, 2.24) is 19.7 Å². The van der Waals surface area contributed by atoms with Gasteiger partial charge in [0.25, 0.3) is 5.91 Å². The lowest BCUT2D eigenvalue weighted by Gasteiger charge is -2.28. The molecule has 150 valence electrons. The Balaban J connectivity index is 1.52. The molecule has 2 amide bonds. The van der Waals surface area contributed by atoms with Gasteiger partial charge in [-0.1, -0.05) is 18.5 Å². The normalized spacial score (nSPS) is 19.2. The van der Waals surface area contributed by atoms with Crippen molar-refractivity contribution < 1.29 is 14.4 Å². The van der Waals surface area contributed by atoms with Crippen molar-refractivity contribution in [1.29, 1.82) is 0 Å². The number of carbonyl (C=O) groups excluding carboxylic acids is 3. The Labute approximate surface area is 171 Å². The van der Waals surface area contributed by atoms with E-state index >= 15 is 0 Å². The lowest BCUT2D eigenvalue weighted by atomic mass is 9.85. The maximum absolute atomic E-state index is 12.5. The number of amides is 2. The summed E-state index contributed by atoms with van der Waals surface area (Å²) < 4.78 is 4.12. The molecule has 0 saturated heterocycles. The molecule has 0 bridgehead atoms. The van der Waals surface area contributed by atoms with Gasteiger partial charge in [-0.25, -0.2) is 4.98 Å². The van der Waals surface area contributed by atoms with Gasteiger partial charge in [0.15, 0.2) is 5.78 Å². The van der Waals surface area contributed by atoms with Gasteiger partial charge in [0.05, 0.1) is 17.0 Å². The Bertz CT molecular complexity index is 886. The maximum Gasteiger partial charge on any atom is 0.270 e. The predicted molar refractivity (Wildman–Crippen MR) is 107 cm³/mol. The number of anilines is 1. The third-order valence-corrected chi connectivity index (χ3v) is 6.34. The lowest BCUT2D eigenvalue weighted by molar-refractivity contribution is -0.120. The molecule has 0 atom stereocenters. The minimum Gasteiger partial charge on any atom is -0.348 e. The highest BCUT2D eigenvalue weighted by Gasteiger charge is 2.29. The second-order valence-electron chi connectivity index (χ2n) is 6.83. The molecule has 0 aromatic carbocycles. The number of Topliss-reactive ketones (excluding diaryl/α,β-unsaturated/α-hetero) is 1. The van der Waals surface area contributed by atoms with Crippen molar-refractivity contribution in [3.05, 3.63) is 28.4 Å². The molecular weight excluding hydrogens is 402 g/mol. The van der Waals surface area contributed by atoms with Gasteiger partial charge in [-0.15, -0.1) is 0 Å². The minimum atomic E-state index is -0.339. The van der Waals surface area contributed by atoms with E-state index in [1.807, 2.05) is 0 Å². The fourth-order valence-corrected chi connectivity index (χ4v) is 4.19. The van der Waals surface area contributed by atoms with Gasteiger partial charge in [-0.05, 0) is 44.1 Å². The summed E-state index contributed by atoms with van der Waals surface area (Å²) >= 11 is 7.29. The smallest absolute Gasteiger partial charge is 0.270 e. The van der Waals surface area contributed by atoms with Crippen molar-refractivity contribution in [2.24, 2.45) is 5.92 Å². The lowest BCUT2D eigenvalue weighted by Crippen LogP contribution is -2.40. The summed E-state index contributed by atoms with van der Waals surface area (Å²) in [5, 5.41) is 6.85. The molecule has 0 spiro atoms. The highest BCUT2D eigenvalue weighted by Crippen LogP contribution is 2.32. The summed E-state index contributed by atoms with van der Waals surface area (Å²) in [5.41, 5.74) is 1.07. The minimum absolute atomic E-state index is 0.0429. The van der Waals surface area contributed by atoms with Crippen LogP contribution in [0.4, 0.5) is 5.00 Å². The zero-order chi connectivity index (χ0) is 20.3. The number of aromatic amines is 1. The van der Waals surface area contributed by atoms with Crippen LogP contribution in [-0.2, 0) is 4.79 Å². The molecule has 28 heavy (non-hydrogen) atoms. The molecule has 8 nitrogen and oxygen atoms in total. The van der Waals surface area contributed by atoms with E-state index in [1.165, 1.54) is 17.9 Å². The van der Waals surface area contributed by atoms with Crippen LogP contribution in [0.5, 0.6) is 0 Å². The Kier molecular flexibility index (Phi) is 6.46. The van der Waals surface area contributed by atoms with Gasteiger partial charge in [-0.2, -0.15) is 4.37 Å². The number of imidazole rings is 1. The van der Waals surface area contributed by atoms with Crippen molar-refractivity contribution in [2.75, 3.05) is 5.32 Å². The van der Waals surface area contributed by atoms with Crippen molar-refractivity contribution in [2.45, 2.75) is 52.0 Å². The Morgan fingerprint density at radius 1 is 1.29 bits per heavy atom. The van der Waals surface area contributed by atoms with Crippen LogP contribution >= 0.6 is 23.1 Å². The first-order valence-electron chi connectivity index (χ1n) is 9.20. The molecule has 1 aliphatic rings. The SMILES string of the molecule is CCC(=O)c1nc[nH]c1C(=O)NC1CCC(C(=O)Nc2snc(C)c2Cl)CC1. The molecule has 2 aromatic heterocycles. The molecule has 1 fully saturated rings. The van der Waals surface area contributed by atoms with E-state index in [0.29, 0.717) is 41.4 Å². The third-order valence-electron chi connectivity index (χ3n) is 4.91. The molecule has 1 aliphatic carbocycles. The van der Waals surface area contributed by atoms with E-state index in [1.54, 1.807) is 13.8 Å². The predicted octanol–water partition coefficient (Wildman–Crippen LogP) is 3.35. The van der Waals surface area contributed by atoms with Crippen LogP contribution in [-0.4, -0.2) is 38.0 Å². The first-order chi connectivity index (χ1) is 13.4. The molecular formula is C18H22ClN5O3S. The van der Waals surface area contributed by atoms with E-state index in [2.05, 4.69) is 25.0 Å².